The zero-order chi connectivity index (χ0) is 18.0. The number of nitrogens with one attached hydrogen (secondary N) is 1. The minimum absolute atomic E-state index is 0.191. The molecule has 0 unspecified atom stereocenters. The zero-order valence-electron chi connectivity index (χ0n) is 14.3. The Labute approximate surface area is 147 Å². The lowest BCUT2D eigenvalue weighted by molar-refractivity contribution is 0.383. The van der Waals surface area contributed by atoms with E-state index in [2.05, 4.69) is 14.9 Å². The Hall–Kier alpha value is -2.67. The molecule has 0 saturated carbocycles. The van der Waals surface area contributed by atoms with Crippen LogP contribution < -0.4 is 4.72 Å². The first-order valence-corrected chi connectivity index (χ1v) is 9.41. The number of hydrogen-bond acceptors (Lipinski definition) is 5. The molecule has 130 valence electrons. The number of para-hydroxylation sites is 1. The van der Waals surface area contributed by atoms with Gasteiger partial charge in [-0.15, -0.1) is 0 Å². The summed E-state index contributed by atoms with van der Waals surface area (Å²) in [5.74, 6) is 0.891. The topological polar surface area (TPSA) is 85.1 Å². The Morgan fingerprint density at radius 1 is 1.08 bits per heavy atom. The highest BCUT2D eigenvalue weighted by Crippen LogP contribution is 2.26. The van der Waals surface area contributed by atoms with Crippen molar-refractivity contribution < 1.29 is 12.9 Å². The predicted molar refractivity (Wildman–Crippen MR) is 95.8 cm³/mol. The molecular weight excluding hydrogens is 338 g/mol. The molecule has 6 nitrogen and oxygen atoms in total. The average molecular weight is 357 g/mol. The molecule has 25 heavy (non-hydrogen) atoms. The van der Waals surface area contributed by atoms with Crippen molar-refractivity contribution in [3.05, 3.63) is 59.5 Å². The normalized spacial score (nSPS) is 11.5. The third-order valence-electron chi connectivity index (χ3n) is 3.90. The molecular formula is C18H19N3O3S. The van der Waals surface area contributed by atoms with Gasteiger partial charge in [-0.1, -0.05) is 42.4 Å². The number of sulfonamides is 1. The van der Waals surface area contributed by atoms with Crippen LogP contribution in [0.5, 0.6) is 0 Å². The first kappa shape index (κ1) is 17.2. The summed E-state index contributed by atoms with van der Waals surface area (Å²) in [4.78, 5) is 4.45. The first-order valence-electron chi connectivity index (χ1n) is 7.93. The van der Waals surface area contributed by atoms with Crippen molar-refractivity contribution in [2.75, 3.05) is 4.72 Å². The fourth-order valence-corrected chi connectivity index (χ4v) is 3.83. The Kier molecular flexibility index (Phi) is 4.59. The quantitative estimate of drug-likeness (QED) is 0.752. The van der Waals surface area contributed by atoms with E-state index in [0.29, 0.717) is 35.0 Å². The lowest BCUT2D eigenvalue weighted by Crippen LogP contribution is -2.15. The summed E-state index contributed by atoms with van der Waals surface area (Å²) in [5, 5.41) is 3.91. The molecule has 3 rings (SSSR count). The van der Waals surface area contributed by atoms with Gasteiger partial charge < -0.3 is 4.52 Å². The van der Waals surface area contributed by atoms with Gasteiger partial charge in [0.1, 0.15) is 0 Å². The van der Waals surface area contributed by atoms with Gasteiger partial charge in [0.15, 0.2) is 0 Å². The zero-order valence-corrected chi connectivity index (χ0v) is 15.1. The fourth-order valence-electron chi connectivity index (χ4n) is 2.43. The van der Waals surface area contributed by atoms with Gasteiger partial charge >= 0.3 is 0 Å². The molecule has 0 aliphatic heterocycles. The second-order valence-corrected chi connectivity index (χ2v) is 7.42. The van der Waals surface area contributed by atoms with E-state index in [-0.39, 0.29) is 4.90 Å². The summed E-state index contributed by atoms with van der Waals surface area (Å²) in [6.45, 7) is 5.52. The van der Waals surface area contributed by atoms with Crippen LogP contribution in [-0.4, -0.2) is 18.6 Å². The maximum Gasteiger partial charge on any atom is 0.262 e. The molecule has 0 aliphatic rings. The van der Waals surface area contributed by atoms with Crippen molar-refractivity contribution in [1.29, 1.82) is 0 Å². The van der Waals surface area contributed by atoms with Crippen LogP contribution in [0.25, 0.3) is 11.4 Å². The number of nitrogens with zero attached hydrogens (tertiary/aromatic N) is 2. The second kappa shape index (κ2) is 6.68. The molecule has 7 heteroatoms. The Morgan fingerprint density at radius 2 is 1.84 bits per heavy atom. The third-order valence-corrected chi connectivity index (χ3v) is 5.40. The summed E-state index contributed by atoms with van der Waals surface area (Å²) >= 11 is 0. The average Bonchev–Trinajstić information content (AvgIpc) is 3.06. The molecule has 0 saturated heterocycles. The van der Waals surface area contributed by atoms with Crippen LogP contribution in [0.2, 0.25) is 0 Å². The second-order valence-electron chi connectivity index (χ2n) is 5.77. The molecule has 3 aromatic rings. The van der Waals surface area contributed by atoms with Gasteiger partial charge in [-0.2, -0.15) is 4.98 Å². The van der Waals surface area contributed by atoms with Gasteiger partial charge in [0, 0.05) is 12.0 Å². The van der Waals surface area contributed by atoms with E-state index < -0.39 is 10.0 Å². The van der Waals surface area contributed by atoms with Gasteiger partial charge in [-0.05, 0) is 37.1 Å². The van der Waals surface area contributed by atoms with Crippen molar-refractivity contribution in [2.24, 2.45) is 0 Å². The van der Waals surface area contributed by atoms with Gasteiger partial charge in [0.25, 0.3) is 10.0 Å². The van der Waals surface area contributed by atoms with Crippen molar-refractivity contribution in [2.45, 2.75) is 32.1 Å². The lowest BCUT2D eigenvalue weighted by atomic mass is 10.1. The summed E-state index contributed by atoms with van der Waals surface area (Å²) < 4.78 is 33.4. The summed E-state index contributed by atoms with van der Waals surface area (Å²) in [7, 11) is -3.73. The van der Waals surface area contributed by atoms with Gasteiger partial charge in [0.05, 0.1) is 10.6 Å². The number of hydrogen-bond donors (Lipinski definition) is 1. The van der Waals surface area contributed by atoms with Crippen molar-refractivity contribution in [3.63, 3.8) is 0 Å². The van der Waals surface area contributed by atoms with Crippen LogP contribution in [-0.2, 0) is 16.4 Å². The van der Waals surface area contributed by atoms with E-state index in [1.165, 1.54) is 0 Å². The van der Waals surface area contributed by atoms with Gasteiger partial charge in [-0.3, -0.25) is 4.72 Å². The predicted octanol–water partition coefficient (Wildman–Crippen LogP) is 3.72. The summed E-state index contributed by atoms with van der Waals surface area (Å²) in [6.07, 6.45) is 0.624. The van der Waals surface area contributed by atoms with E-state index in [0.717, 1.165) is 5.56 Å². The molecule has 1 heterocycles. The number of aromatic nitrogens is 2. The molecule has 0 atom stereocenters. The maximum absolute atomic E-state index is 12.8. The molecule has 0 radical (unpaired) electrons. The monoisotopic (exact) mass is 357 g/mol. The van der Waals surface area contributed by atoms with E-state index in [4.69, 9.17) is 4.52 Å². The molecule has 1 aromatic heterocycles. The minimum atomic E-state index is -3.73. The number of anilines is 1. The Bertz CT molecular complexity index is 1010. The molecule has 0 aliphatic carbocycles. The molecule has 2 aromatic carbocycles. The fraction of sp³-hybridized carbons (Fsp3) is 0.222. The van der Waals surface area contributed by atoms with Crippen LogP contribution in [0.1, 0.15) is 23.9 Å². The Morgan fingerprint density at radius 3 is 2.52 bits per heavy atom. The van der Waals surface area contributed by atoms with Crippen molar-refractivity contribution in [3.8, 4) is 11.4 Å². The summed E-state index contributed by atoms with van der Waals surface area (Å²) in [6, 6.07) is 12.3. The van der Waals surface area contributed by atoms with E-state index in [1.54, 1.807) is 37.3 Å². The van der Waals surface area contributed by atoms with Crippen molar-refractivity contribution >= 4 is 15.7 Å². The van der Waals surface area contributed by atoms with E-state index in [1.807, 2.05) is 26.0 Å². The maximum atomic E-state index is 12.8. The number of benzene rings is 2. The molecule has 0 amide bonds. The van der Waals surface area contributed by atoms with Crippen LogP contribution in [0.3, 0.4) is 0 Å². The standard InChI is InChI=1S/C18H19N3O3S/c1-4-17-19-18(20-24-17)14-10-9-13(3)16(11-14)25(22,23)21-15-8-6-5-7-12(15)2/h5-11,21H,4H2,1-3H3. The van der Waals surface area contributed by atoms with Crippen LogP contribution in [0.15, 0.2) is 51.9 Å². The highest BCUT2D eigenvalue weighted by Gasteiger charge is 2.20. The molecule has 0 fully saturated rings. The first-order chi connectivity index (χ1) is 11.9. The van der Waals surface area contributed by atoms with Crippen LogP contribution >= 0.6 is 0 Å². The summed E-state index contributed by atoms with van der Waals surface area (Å²) in [5.41, 5.74) is 2.65. The molecule has 0 spiro atoms. The lowest BCUT2D eigenvalue weighted by Gasteiger charge is -2.13. The van der Waals surface area contributed by atoms with Crippen LogP contribution in [0.4, 0.5) is 5.69 Å². The van der Waals surface area contributed by atoms with Gasteiger partial charge in [-0.25, -0.2) is 8.42 Å². The highest BCUT2D eigenvalue weighted by atomic mass is 32.2. The van der Waals surface area contributed by atoms with Crippen LogP contribution in [0, 0.1) is 13.8 Å². The van der Waals surface area contributed by atoms with E-state index >= 15 is 0 Å². The van der Waals surface area contributed by atoms with E-state index in [9.17, 15) is 8.42 Å². The molecule has 1 N–H and O–H groups in total. The smallest absolute Gasteiger partial charge is 0.262 e. The third kappa shape index (κ3) is 3.56. The van der Waals surface area contributed by atoms with Crippen molar-refractivity contribution in [1.82, 2.24) is 10.1 Å². The Balaban J connectivity index is 2.01. The highest BCUT2D eigenvalue weighted by molar-refractivity contribution is 7.92. The van der Waals surface area contributed by atoms with Gasteiger partial charge in [0.2, 0.25) is 11.7 Å². The minimum Gasteiger partial charge on any atom is -0.339 e. The number of rotatable bonds is 5. The number of aryl methyl sites for hydroxylation is 3. The largest absolute Gasteiger partial charge is 0.339 e. The SMILES string of the molecule is CCc1nc(-c2ccc(C)c(S(=O)(=O)Nc3ccccc3C)c2)no1. The molecule has 0 bridgehead atoms.